The lowest BCUT2D eigenvalue weighted by molar-refractivity contribution is 0.588. The summed E-state index contributed by atoms with van der Waals surface area (Å²) in [4.78, 5) is 0.221. The highest BCUT2D eigenvalue weighted by atomic mass is 32.2. The van der Waals surface area contributed by atoms with Crippen molar-refractivity contribution in [2.75, 3.05) is 12.4 Å². The first-order valence-corrected chi connectivity index (χ1v) is 7.35. The summed E-state index contributed by atoms with van der Waals surface area (Å²) in [7, 11) is -2.01. The van der Waals surface area contributed by atoms with Crippen LogP contribution in [0.15, 0.2) is 29.2 Å². The minimum absolute atomic E-state index is 0.221. The van der Waals surface area contributed by atoms with Gasteiger partial charge in [-0.15, -0.1) is 0 Å². The van der Waals surface area contributed by atoms with Crippen molar-refractivity contribution in [1.29, 1.82) is 0 Å². The van der Waals surface area contributed by atoms with Crippen LogP contribution in [0.25, 0.3) is 0 Å². The van der Waals surface area contributed by atoms with E-state index in [9.17, 15) is 8.42 Å². The van der Waals surface area contributed by atoms with Gasteiger partial charge in [-0.25, -0.2) is 13.1 Å². The maximum atomic E-state index is 11.5. The Balaban J connectivity index is 2.75. The average Bonchev–Trinajstić information content (AvgIpc) is 2.28. The Labute approximate surface area is 113 Å². The summed E-state index contributed by atoms with van der Waals surface area (Å²) in [6, 6.07) is 6.61. The van der Waals surface area contributed by atoms with Gasteiger partial charge in [-0.2, -0.15) is 0 Å². The van der Waals surface area contributed by atoms with Crippen molar-refractivity contribution < 1.29 is 8.42 Å². The molecule has 18 heavy (non-hydrogen) atoms. The van der Waals surface area contributed by atoms with Gasteiger partial charge in [0.05, 0.1) is 4.90 Å². The van der Waals surface area contributed by atoms with Crippen molar-refractivity contribution in [1.82, 2.24) is 10.0 Å². The van der Waals surface area contributed by atoms with Crippen molar-refractivity contribution >= 4 is 33.0 Å². The first-order chi connectivity index (χ1) is 8.35. The van der Waals surface area contributed by atoms with E-state index in [4.69, 9.17) is 12.2 Å². The molecule has 100 valence electrons. The molecule has 0 spiro atoms. The van der Waals surface area contributed by atoms with Crippen LogP contribution in [0.1, 0.15) is 13.8 Å². The smallest absolute Gasteiger partial charge is 0.240 e. The standard InChI is InChI=1S/C11H17N3O2S2/c1-8(2)13-11(17)14-9-4-6-10(7-5-9)18(15,16)12-3/h4-8,12H,1-3H3,(H2,13,14,17). The molecule has 0 aliphatic rings. The number of nitrogens with one attached hydrogen (secondary N) is 3. The van der Waals surface area contributed by atoms with E-state index in [-0.39, 0.29) is 10.9 Å². The van der Waals surface area contributed by atoms with Gasteiger partial charge in [-0.1, -0.05) is 0 Å². The highest BCUT2D eigenvalue weighted by molar-refractivity contribution is 7.89. The molecule has 0 fully saturated rings. The Morgan fingerprint density at radius 2 is 1.78 bits per heavy atom. The molecule has 0 heterocycles. The molecule has 5 nitrogen and oxygen atoms in total. The zero-order chi connectivity index (χ0) is 13.8. The zero-order valence-corrected chi connectivity index (χ0v) is 12.2. The highest BCUT2D eigenvalue weighted by Crippen LogP contribution is 2.13. The molecule has 0 unspecified atom stereocenters. The maximum Gasteiger partial charge on any atom is 0.240 e. The third-order valence-electron chi connectivity index (χ3n) is 2.11. The first-order valence-electron chi connectivity index (χ1n) is 5.46. The maximum absolute atomic E-state index is 11.5. The van der Waals surface area contributed by atoms with Crippen molar-refractivity contribution in [2.45, 2.75) is 24.8 Å². The van der Waals surface area contributed by atoms with Crippen LogP contribution in [0.4, 0.5) is 5.69 Å². The predicted molar refractivity (Wildman–Crippen MR) is 77.2 cm³/mol. The van der Waals surface area contributed by atoms with E-state index < -0.39 is 10.0 Å². The van der Waals surface area contributed by atoms with Gasteiger partial charge in [0.1, 0.15) is 0 Å². The van der Waals surface area contributed by atoms with Gasteiger partial charge < -0.3 is 10.6 Å². The van der Waals surface area contributed by atoms with Gasteiger partial charge >= 0.3 is 0 Å². The molecule has 0 saturated carbocycles. The number of anilines is 1. The molecule has 0 aromatic heterocycles. The molecule has 1 rings (SSSR count). The monoisotopic (exact) mass is 287 g/mol. The molecule has 0 radical (unpaired) electrons. The fourth-order valence-electron chi connectivity index (χ4n) is 1.26. The largest absolute Gasteiger partial charge is 0.360 e. The number of thiocarbonyl (C=S) groups is 1. The van der Waals surface area contributed by atoms with Crippen LogP contribution in [0.2, 0.25) is 0 Å². The molecule has 0 atom stereocenters. The summed E-state index contributed by atoms with van der Waals surface area (Å²) in [6.45, 7) is 3.97. The van der Waals surface area contributed by atoms with Gasteiger partial charge in [0.2, 0.25) is 10.0 Å². The molecule has 0 amide bonds. The minimum atomic E-state index is -3.39. The summed E-state index contributed by atoms with van der Waals surface area (Å²) >= 11 is 5.09. The van der Waals surface area contributed by atoms with Gasteiger partial charge in [0.15, 0.2) is 5.11 Å². The number of hydrogen-bond acceptors (Lipinski definition) is 3. The van der Waals surface area contributed by atoms with Gasteiger partial charge in [-0.3, -0.25) is 0 Å². The van der Waals surface area contributed by atoms with E-state index in [1.807, 2.05) is 13.8 Å². The molecular weight excluding hydrogens is 270 g/mol. The van der Waals surface area contributed by atoms with Gasteiger partial charge in [0.25, 0.3) is 0 Å². The molecule has 0 saturated heterocycles. The normalized spacial score (nSPS) is 11.3. The lowest BCUT2D eigenvalue weighted by atomic mass is 10.3. The van der Waals surface area contributed by atoms with Crippen molar-refractivity contribution in [3.8, 4) is 0 Å². The molecule has 7 heteroatoms. The van der Waals surface area contributed by atoms with Gasteiger partial charge in [-0.05, 0) is 57.4 Å². The number of hydrogen-bond donors (Lipinski definition) is 3. The van der Waals surface area contributed by atoms with Crippen LogP contribution in [0.5, 0.6) is 0 Å². The predicted octanol–water partition coefficient (Wildman–Crippen LogP) is 1.29. The summed E-state index contributed by atoms with van der Waals surface area (Å²) in [6.07, 6.45) is 0. The summed E-state index contributed by atoms with van der Waals surface area (Å²) in [5, 5.41) is 6.52. The molecule has 1 aromatic rings. The van der Waals surface area contributed by atoms with E-state index >= 15 is 0 Å². The molecule has 0 aliphatic heterocycles. The van der Waals surface area contributed by atoms with E-state index in [0.29, 0.717) is 5.11 Å². The van der Waals surface area contributed by atoms with Crippen molar-refractivity contribution in [3.05, 3.63) is 24.3 Å². The molecule has 1 aromatic carbocycles. The second kappa shape index (κ2) is 6.12. The van der Waals surface area contributed by atoms with Crippen LogP contribution in [-0.2, 0) is 10.0 Å². The van der Waals surface area contributed by atoms with Crippen molar-refractivity contribution in [3.63, 3.8) is 0 Å². The van der Waals surface area contributed by atoms with Crippen LogP contribution in [-0.4, -0.2) is 26.6 Å². The Kier molecular flexibility index (Phi) is 5.06. The molecule has 3 N–H and O–H groups in total. The van der Waals surface area contributed by atoms with E-state index in [0.717, 1.165) is 5.69 Å². The Bertz CT molecular complexity index is 510. The third kappa shape index (κ3) is 4.25. The lowest BCUT2D eigenvalue weighted by Gasteiger charge is -2.13. The highest BCUT2D eigenvalue weighted by Gasteiger charge is 2.10. The minimum Gasteiger partial charge on any atom is -0.360 e. The number of benzene rings is 1. The van der Waals surface area contributed by atoms with Crippen LogP contribution in [0.3, 0.4) is 0 Å². The summed E-state index contributed by atoms with van der Waals surface area (Å²) < 4.78 is 25.3. The molecule has 0 aliphatic carbocycles. The summed E-state index contributed by atoms with van der Waals surface area (Å²) in [5.41, 5.74) is 0.739. The SMILES string of the molecule is CNS(=O)(=O)c1ccc(NC(=S)NC(C)C)cc1. The fraction of sp³-hybridized carbons (Fsp3) is 0.364. The van der Waals surface area contributed by atoms with Crippen LogP contribution < -0.4 is 15.4 Å². The van der Waals surface area contributed by atoms with Crippen LogP contribution in [0, 0.1) is 0 Å². The van der Waals surface area contributed by atoms with E-state index in [2.05, 4.69) is 15.4 Å². The topological polar surface area (TPSA) is 70.2 Å². The molecular formula is C11H17N3O2S2. The average molecular weight is 287 g/mol. The van der Waals surface area contributed by atoms with Crippen LogP contribution >= 0.6 is 12.2 Å². The third-order valence-corrected chi connectivity index (χ3v) is 3.76. The number of rotatable bonds is 4. The van der Waals surface area contributed by atoms with E-state index in [1.165, 1.54) is 19.2 Å². The Morgan fingerprint density at radius 1 is 1.22 bits per heavy atom. The first kappa shape index (κ1) is 14.9. The second-order valence-corrected chi connectivity index (χ2v) is 6.28. The Morgan fingerprint density at radius 3 is 2.22 bits per heavy atom. The van der Waals surface area contributed by atoms with Crippen molar-refractivity contribution in [2.24, 2.45) is 0 Å². The quantitative estimate of drug-likeness (QED) is 0.728. The van der Waals surface area contributed by atoms with E-state index in [1.54, 1.807) is 12.1 Å². The fourth-order valence-corrected chi connectivity index (χ4v) is 2.35. The Hall–Kier alpha value is -1.18. The zero-order valence-electron chi connectivity index (χ0n) is 10.5. The van der Waals surface area contributed by atoms with Gasteiger partial charge in [0, 0.05) is 11.7 Å². The summed E-state index contributed by atoms with van der Waals surface area (Å²) in [5.74, 6) is 0. The second-order valence-electron chi connectivity index (χ2n) is 3.99. The lowest BCUT2D eigenvalue weighted by Crippen LogP contribution is -2.33. The number of sulfonamides is 1. The molecule has 0 bridgehead atoms.